The van der Waals surface area contributed by atoms with Crippen LogP contribution in [0.1, 0.15) is 27.0 Å². The summed E-state index contributed by atoms with van der Waals surface area (Å²) in [5, 5.41) is 0. The van der Waals surface area contributed by atoms with E-state index >= 15 is 0 Å². The summed E-state index contributed by atoms with van der Waals surface area (Å²) in [6, 6.07) is 22.1. The Morgan fingerprint density at radius 2 is 1.62 bits per heavy atom. The average molecular weight is 428 g/mol. The van der Waals surface area contributed by atoms with Crippen LogP contribution in [0.25, 0.3) is 0 Å². The lowest BCUT2D eigenvalue weighted by Crippen LogP contribution is -2.44. The average Bonchev–Trinajstić information content (AvgIpc) is 3.12. The molecule has 1 saturated heterocycles. The molecule has 0 N–H and O–H groups in total. The van der Waals surface area contributed by atoms with Crippen LogP contribution in [0.3, 0.4) is 0 Å². The summed E-state index contributed by atoms with van der Waals surface area (Å²) in [5.74, 6) is 1.69. The number of carbonyl (C=O) groups excluding carboxylic acids is 1. The second-order valence-corrected chi connectivity index (χ2v) is 8.77. The number of amides is 1. The topological polar surface area (TPSA) is 36.0 Å². The standard InChI is InChI=1S/C27H29N3O2/c1-20-16-23(29-14-12-28(2)13-15-29)17-22-19-30(27(31)26(20)22)18-21-8-6-7-11-25(21)32-24-9-4-3-5-10-24/h3-11,16-17H,12-15,18-19H2,1-2H3. The van der Waals surface area contributed by atoms with Gasteiger partial charge in [-0.05, 0) is 55.4 Å². The van der Waals surface area contributed by atoms with Crippen LogP contribution in [-0.4, -0.2) is 48.9 Å². The minimum absolute atomic E-state index is 0.108. The lowest BCUT2D eigenvalue weighted by molar-refractivity contribution is 0.0765. The Hall–Kier alpha value is -3.31. The summed E-state index contributed by atoms with van der Waals surface area (Å²) in [6.45, 7) is 7.41. The van der Waals surface area contributed by atoms with Gasteiger partial charge in [-0.15, -0.1) is 0 Å². The first-order valence-corrected chi connectivity index (χ1v) is 11.3. The number of rotatable bonds is 5. The molecule has 3 aromatic rings. The third-order valence-corrected chi connectivity index (χ3v) is 6.44. The molecule has 0 aliphatic carbocycles. The maximum absolute atomic E-state index is 13.3. The third kappa shape index (κ3) is 4.08. The first-order chi connectivity index (χ1) is 15.6. The van der Waals surface area contributed by atoms with E-state index in [2.05, 4.69) is 35.9 Å². The molecule has 0 saturated carbocycles. The molecule has 32 heavy (non-hydrogen) atoms. The number of fused-ring (bicyclic) bond motifs is 1. The van der Waals surface area contributed by atoms with Crippen molar-refractivity contribution in [2.45, 2.75) is 20.0 Å². The molecule has 0 aromatic heterocycles. The lowest BCUT2D eigenvalue weighted by atomic mass is 10.0. The van der Waals surface area contributed by atoms with Crippen molar-refractivity contribution in [3.63, 3.8) is 0 Å². The van der Waals surface area contributed by atoms with Gasteiger partial charge in [0, 0.05) is 49.5 Å². The van der Waals surface area contributed by atoms with Gasteiger partial charge in [0.2, 0.25) is 0 Å². The van der Waals surface area contributed by atoms with Gasteiger partial charge in [0.05, 0.1) is 6.54 Å². The van der Waals surface area contributed by atoms with Crippen LogP contribution >= 0.6 is 0 Å². The van der Waals surface area contributed by atoms with E-state index in [0.29, 0.717) is 13.1 Å². The number of piperazine rings is 1. The van der Waals surface area contributed by atoms with Crippen molar-refractivity contribution in [1.82, 2.24) is 9.80 Å². The Kier molecular flexibility index (Phi) is 5.58. The molecule has 2 aliphatic heterocycles. The van der Waals surface area contributed by atoms with Crippen LogP contribution in [-0.2, 0) is 13.1 Å². The number of para-hydroxylation sites is 2. The van der Waals surface area contributed by atoms with E-state index in [4.69, 9.17) is 4.74 Å². The first-order valence-electron chi connectivity index (χ1n) is 11.3. The van der Waals surface area contributed by atoms with Crippen molar-refractivity contribution in [3.05, 3.63) is 89.0 Å². The number of anilines is 1. The highest BCUT2D eigenvalue weighted by molar-refractivity contribution is 6.00. The molecule has 5 nitrogen and oxygen atoms in total. The van der Waals surface area contributed by atoms with E-state index in [1.807, 2.05) is 59.5 Å². The zero-order valence-electron chi connectivity index (χ0n) is 18.8. The van der Waals surface area contributed by atoms with Crippen LogP contribution in [0.2, 0.25) is 0 Å². The largest absolute Gasteiger partial charge is 0.457 e. The van der Waals surface area contributed by atoms with Crippen LogP contribution in [0.15, 0.2) is 66.7 Å². The van der Waals surface area contributed by atoms with Gasteiger partial charge < -0.3 is 19.4 Å². The minimum atomic E-state index is 0.108. The van der Waals surface area contributed by atoms with E-state index < -0.39 is 0 Å². The maximum atomic E-state index is 13.3. The highest BCUT2D eigenvalue weighted by Gasteiger charge is 2.31. The minimum Gasteiger partial charge on any atom is -0.457 e. The smallest absolute Gasteiger partial charge is 0.255 e. The van der Waals surface area contributed by atoms with Crippen LogP contribution in [0.4, 0.5) is 5.69 Å². The normalized spacial score (nSPS) is 16.4. The SMILES string of the molecule is Cc1cc(N2CCN(C)CC2)cc2c1C(=O)N(Cc1ccccc1Oc1ccccc1)C2. The van der Waals surface area contributed by atoms with Gasteiger partial charge >= 0.3 is 0 Å². The Morgan fingerprint density at radius 3 is 2.41 bits per heavy atom. The van der Waals surface area contributed by atoms with Crippen LogP contribution in [0.5, 0.6) is 11.5 Å². The Bertz CT molecular complexity index is 1120. The molecule has 0 bridgehead atoms. The van der Waals surface area contributed by atoms with Crippen LogP contribution < -0.4 is 9.64 Å². The molecule has 0 spiro atoms. The molecule has 5 heteroatoms. The van der Waals surface area contributed by atoms with E-state index in [1.165, 1.54) is 5.69 Å². The number of hydrogen-bond donors (Lipinski definition) is 0. The van der Waals surface area contributed by atoms with Crippen LogP contribution in [0, 0.1) is 6.92 Å². The summed E-state index contributed by atoms with van der Waals surface area (Å²) < 4.78 is 6.11. The van der Waals surface area contributed by atoms with Crippen molar-refractivity contribution >= 4 is 11.6 Å². The van der Waals surface area contributed by atoms with E-state index in [-0.39, 0.29) is 5.91 Å². The van der Waals surface area contributed by atoms with Gasteiger partial charge in [0.15, 0.2) is 0 Å². The molecule has 1 amide bonds. The molecule has 0 atom stereocenters. The number of carbonyl (C=O) groups is 1. The van der Waals surface area contributed by atoms with Gasteiger partial charge in [-0.25, -0.2) is 0 Å². The second kappa shape index (κ2) is 8.67. The summed E-state index contributed by atoms with van der Waals surface area (Å²) in [7, 11) is 2.17. The molecule has 3 aromatic carbocycles. The van der Waals surface area contributed by atoms with Gasteiger partial charge in [-0.1, -0.05) is 36.4 Å². The predicted octanol–water partition coefficient (Wildman–Crippen LogP) is 4.70. The number of likely N-dealkylation sites (N-methyl/N-ethyl adjacent to an activating group) is 1. The molecule has 2 heterocycles. The van der Waals surface area contributed by atoms with Crippen molar-refractivity contribution < 1.29 is 9.53 Å². The summed E-state index contributed by atoms with van der Waals surface area (Å²) >= 11 is 0. The molecular weight excluding hydrogens is 398 g/mol. The molecule has 0 radical (unpaired) electrons. The monoisotopic (exact) mass is 427 g/mol. The van der Waals surface area contributed by atoms with Crippen molar-refractivity contribution in [3.8, 4) is 11.5 Å². The van der Waals surface area contributed by atoms with Gasteiger partial charge in [-0.2, -0.15) is 0 Å². The predicted molar refractivity (Wildman–Crippen MR) is 127 cm³/mol. The maximum Gasteiger partial charge on any atom is 0.255 e. The molecule has 2 aliphatic rings. The molecule has 164 valence electrons. The highest BCUT2D eigenvalue weighted by Crippen LogP contribution is 2.34. The summed E-state index contributed by atoms with van der Waals surface area (Å²) in [6.07, 6.45) is 0. The van der Waals surface area contributed by atoms with Crippen molar-refractivity contribution in [2.24, 2.45) is 0 Å². The fourth-order valence-electron chi connectivity index (χ4n) is 4.64. The van der Waals surface area contributed by atoms with Crippen molar-refractivity contribution in [2.75, 3.05) is 38.1 Å². The quantitative estimate of drug-likeness (QED) is 0.592. The third-order valence-electron chi connectivity index (χ3n) is 6.44. The van der Waals surface area contributed by atoms with Gasteiger partial charge in [0.25, 0.3) is 5.91 Å². The molecule has 5 rings (SSSR count). The summed E-state index contributed by atoms with van der Waals surface area (Å²) in [5.41, 5.74) is 5.30. The Labute approximate surface area is 189 Å². The zero-order valence-corrected chi connectivity index (χ0v) is 18.8. The fraction of sp³-hybridized carbons (Fsp3) is 0.296. The van der Waals surface area contributed by atoms with E-state index in [9.17, 15) is 4.79 Å². The number of aryl methyl sites for hydroxylation is 1. The van der Waals surface area contributed by atoms with E-state index in [1.54, 1.807) is 0 Å². The van der Waals surface area contributed by atoms with E-state index in [0.717, 1.165) is 59.9 Å². The van der Waals surface area contributed by atoms with Gasteiger partial charge in [0.1, 0.15) is 11.5 Å². The van der Waals surface area contributed by atoms with Crippen molar-refractivity contribution in [1.29, 1.82) is 0 Å². The fourth-order valence-corrected chi connectivity index (χ4v) is 4.64. The molecule has 0 unspecified atom stereocenters. The first kappa shape index (κ1) is 20.6. The highest BCUT2D eigenvalue weighted by atomic mass is 16.5. The molecular formula is C27H29N3O2. The number of benzene rings is 3. The number of nitrogens with zero attached hydrogens (tertiary/aromatic N) is 3. The zero-order chi connectivity index (χ0) is 22.1. The van der Waals surface area contributed by atoms with Gasteiger partial charge in [-0.3, -0.25) is 4.79 Å². The molecule has 1 fully saturated rings. The Morgan fingerprint density at radius 1 is 0.906 bits per heavy atom. The number of hydrogen-bond acceptors (Lipinski definition) is 4. The number of ether oxygens (including phenoxy) is 1. The lowest BCUT2D eigenvalue weighted by Gasteiger charge is -2.34. The second-order valence-electron chi connectivity index (χ2n) is 8.77. The summed E-state index contributed by atoms with van der Waals surface area (Å²) in [4.78, 5) is 20.0. The Balaban J connectivity index is 1.36.